The van der Waals surface area contributed by atoms with E-state index in [1.807, 2.05) is 13.0 Å². The molecule has 18 heavy (non-hydrogen) atoms. The maximum absolute atomic E-state index is 5.20. The quantitative estimate of drug-likeness (QED) is 0.636. The summed E-state index contributed by atoms with van der Waals surface area (Å²) in [5, 5.41) is 10.5. The van der Waals surface area contributed by atoms with Crippen molar-refractivity contribution < 1.29 is 4.52 Å². The van der Waals surface area contributed by atoms with Crippen LogP contribution in [0.4, 0.5) is 0 Å². The molecule has 0 aliphatic rings. The summed E-state index contributed by atoms with van der Waals surface area (Å²) >= 11 is 0. The van der Waals surface area contributed by atoms with Gasteiger partial charge in [0.15, 0.2) is 11.7 Å². The van der Waals surface area contributed by atoms with Crippen LogP contribution in [0.3, 0.4) is 0 Å². The number of nitrogens with zero attached hydrogens (tertiary/aromatic N) is 2. The topological polar surface area (TPSA) is 62.5 Å². The third-order valence-electron chi connectivity index (χ3n) is 2.20. The van der Waals surface area contributed by atoms with E-state index in [0.29, 0.717) is 6.54 Å². The van der Waals surface area contributed by atoms with E-state index in [2.05, 4.69) is 48.5 Å². The van der Waals surface area contributed by atoms with E-state index in [4.69, 9.17) is 4.52 Å². The van der Waals surface area contributed by atoms with E-state index >= 15 is 0 Å². The van der Waals surface area contributed by atoms with Crippen LogP contribution in [0.5, 0.6) is 0 Å². The first-order valence-electron chi connectivity index (χ1n) is 6.45. The highest BCUT2D eigenvalue weighted by Gasteiger charge is 2.11. The van der Waals surface area contributed by atoms with Gasteiger partial charge in [0.2, 0.25) is 0 Å². The van der Waals surface area contributed by atoms with Gasteiger partial charge in [-0.05, 0) is 34.1 Å². The molecule has 102 valence electrons. The van der Waals surface area contributed by atoms with Gasteiger partial charge in [-0.1, -0.05) is 12.1 Å². The summed E-state index contributed by atoms with van der Waals surface area (Å²) < 4.78 is 5.20. The van der Waals surface area contributed by atoms with Crippen LogP contribution in [0.1, 0.15) is 46.1 Å². The van der Waals surface area contributed by atoms with Crippen molar-refractivity contribution in [1.82, 2.24) is 15.8 Å². The average Bonchev–Trinajstić information content (AvgIpc) is 2.72. The van der Waals surface area contributed by atoms with E-state index in [0.717, 1.165) is 30.4 Å². The third-order valence-corrected chi connectivity index (χ3v) is 2.20. The van der Waals surface area contributed by atoms with E-state index in [1.54, 1.807) is 0 Å². The zero-order chi connectivity index (χ0) is 13.6. The van der Waals surface area contributed by atoms with Crippen LogP contribution in [0, 0.1) is 0 Å². The molecule has 0 radical (unpaired) electrons. The normalized spacial score (nSPS) is 12.6. The van der Waals surface area contributed by atoms with Gasteiger partial charge >= 0.3 is 0 Å². The van der Waals surface area contributed by atoms with Crippen molar-refractivity contribution in [3.8, 4) is 0 Å². The molecular weight excluding hydrogens is 228 g/mol. The number of aryl methyl sites for hydroxylation is 1. The molecule has 0 aromatic carbocycles. The van der Waals surface area contributed by atoms with Gasteiger partial charge in [-0.25, -0.2) is 4.99 Å². The molecule has 0 spiro atoms. The molecule has 5 nitrogen and oxygen atoms in total. The van der Waals surface area contributed by atoms with Gasteiger partial charge in [0.25, 0.3) is 0 Å². The SMILES string of the molecule is CCNC(=NCc1cc(CC)no1)NC(C)(C)C. The summed E-state index contributed by atoms with van der Waals surface area (Å²) in [7, 11) is 0. The number of aromatic nitrogens is 1. The summed E-state index contributed by atoms with van der Waals surface area (Å²) in [6.07, 6.45) is 0.882. The Bertz CT molecular complexity index is 390. The Balaban J connectivity index is 2.64. The highest BCUT2D eigenvalue weighted by Crippen LogP contribution is 2.06. The zero-order valence-electron chi connectivity index (χ0n) is 12.0. The molecule has 1 aromatic rings. The lowest BCUT2D eigenvalue weighted by Crippen LogP contribution is -2.47. The number of hydrogen-bond donors (Lipinski definition) is 2. The summed E-state index contributed by atoms with van der Waals surface area (Å²) in [4.78, 5) is 4.48. The van der Waals surface area contributed by atoms with Crippen LogP contribution in [-0.4, -0.2) is 23.2 Å². The number of aliphatic imine (C=N–C) groups is 1. The van der Waals surface area contributed by atoms with Crippen molar-refractivity contribution in [2.24, 2.45) is 4.99 Å². The highest BCUT2D eigenvalue weighted by atomic mass is 16.5. The Morgan fingerprint density at radius 1 is 1.39 bits per heavy atom. The second-order valence-corrected chi connectivity index (χ2v) is 5.21. The summed E-state index contributed by atoms with van der Waals surface area (Å²) in [5.74, 6) is 1.58. The van der Waals surface area contributed by atoms with E-state index in [9.17, 15) is 0 Å². The molecule has 0 saturated carbocycles. The third kappa shape index (κ3) is 5.21. The Morgan fingerprint density at radius 2 is 2.11 bits per heavy atom. The Hall–Kier alpha value is -1.52. The zero-order valence-corrected chi connectivity index (χ0v) is 12.0. The number of guanidine groups is 1. The van der Waals surface area contributed by atoms with Crippen LogP contribution in [0.2, 0.25) is 0 Å². The highest BCUT2D eigenvalue weighted by molar-refractivity contribution is 5.80. The lowest BCUT2D eigenvalue weighted by Gasteiger charge is -2.23. The summed E-state index contributed by atoms with van der Waals surface area (Å²) in [5.41, 5.74) is 0.950. The fourth-order valence-corrected chi connectivity index (χ4v) is 1.42. The lowest BCUT2D eigenvalue weighted by atomic mass is 10.1. The minimum absolute atomic E-state index is 0.0169. The molecule has 0 bridgehead atoms. The molecule has 0 unspecified atom stereocenters. The van der Waals surface area contributed by atoms with Crippen molar-refractivity contribution in [3.05, 3.63) is 17.5 Å². The molecule has 0 atom stereocenters. The average molecular weight is 252 g/mol. The lowest BCUT2D eigenvalue weighted by molar-refractivity contribution is 0.379. The van der Waals surface area contributed by atoms with Gasteiger partial charge in [0, 0.05) is 18.2 Å². The van der Waals surface area contributed by atoms with Crippen LogP contribution in [0.15, 0.2) is 15.6 Å². The van der Waals surface area contributed by atoms with Crippen LogP contribution in [0.25, 0.3) is 0 Å². The van der Waals surface area contributed by atoms with Crippen LogP contribution in [-0.2, 0) is 13.0 Å². The summed E-state index contributed by atoms with van der Waals surface area (Å²) in [6.45, 7) is 11.7. The Kier molecular flexibility index (Phi) is 5.19. The molecule has 1 heterocycles. The van der Waals surface area contributed by atoms with Crippen molar-refractivity contribution in [1.29, 1.82) is 0 Å². The largest absolute Gasteiger partial charge is 0.359 e. The van der Waals surface area contributed by atoms with Gasteiger partial charge in [0.1, 0.15) is 6.54 Å². The molecule has 0 aliphatic carbocycles. The molecule has 0 saturated heterocycles. The fourth-order valence-electron chi connectivity index (χ4n) is 1.42. The van der Waals surface area contributed by atoms with Crippen molar-refractivity contribution in [3.63, 3.8) is 0 Å². The van der Waals surface area contributed by atoms with Gasteiger partial charge < -0.3 is 15.2 Å². The van der Waals surface area contributed by atoms with Crippen molar-refractivity contribution in [2.45, 2.75) is 53.1 Å². The standard InChI is InChI=1S/C13H24N4O/c1-6-10-8-11(18-17-10)9-15-12(14-7-2)16-13(3,4)5/h8H,6-7,9H2,1-5H3,(H2,14,15,16). The second-order valence-electron chi connectivity index (χ2n) is 5.21. The predicted octanol–water partition coefficient (Wildman–Crippen LogP) is 2.09. The molecule has 0 fully saturated rings. The van der Waals surface area contributed by atoms with E-state index in [1.165, 1.54) is 0 Å². The molecule has 1 rings (SSSR count). The minimum atomic E-state index is -0.0169. The molecule has 0 amide bonds. The number of nitrogens with one attached hydrogen (secondary N) is 2. The van der Waals surface area contributed by atoms with Crippen LogP contribution >= 0.6 is 0 Å². The summed E-state index contributed by atoms with van der Waals surface area (Å²) in [6, 6.07) is 1.95. The monoisotopic (exact) mass is 252 g/mol. The Labute approximate surface area is 109 Å². The van der Waals surface area contributed by atoms with Gasteiger partial charge in [-0.3, -0.25) is 0 Å². The molecule has 5 heteroatoms. The molecule has 0 aliphatic heterocycles. The Morgan fingerprint density at radius 3 is 2.61 bits per heavy atom. The maximum atomic E-state index is 5.20. The van der Waals surface area contributed by atoms with Gasteiger partial charge in [-0.15, -0.1) is 0 Å². The smallest absolute Gasteiger partial charge is 0.192 e. The first-order valence-corrected chi connectivity index (χ1v) is 6.45. The predicted molar refractivity (Wildman–Crippen MR) is 73.6 cm³/mol. The van der Waals surface area contributed by atoms with E-state index in [-0.39, 0.29) is 5.54 Å². The fraction of sp³-hybridized carbons (Fsp3) is 0.692. The molecule has 1 aromatic heterocycles. The first-order chi connectivity index (χ1) is 8.44. The van der Waals surface area contributed by atoms with Gasteiger partial charge in [-0.2, -0.15) is 0 Å². The second kappa shape index (κ2) is 6.42. The van der Waals surface area contributed by atoms with Crippen molar-refractivity contribution in [2.75, 3.05) is 6.54 Å². The number of rotatable bonds is 4. The van der Waals surface area contributed by atoms with Crippen molar-refractivity contribution >= 4 is 5.96 Å². The number of hydrogen-bond acceptors (Lipinski definition) is 3. The maximum Gasteiger partial charge on any atom is 0.192 e. The first kappa shape index (κ1) is 14.5. The van der Waals surface area contributed by atoms with E-state index < -0.39 is 0 Å². The minimum Gasteiger partial charge on any atom is -0.359 e. The molecule has 2 N–H and O–H groups in total. The molecular formula is C13H24N4O. The van der Waals surface area contributed by atoms with Gasteiger partial charge in [0.05, 0.1) is 5.69 Å². The van der Waals surface area contributed by atoms with Crippen LogP contribution < -0.4 is 10.6 Å².